The summed E-state index contributed by atoms with van der Waals surface area (Å²) in [5.74, 6) is -0.0369. The van der Waals surface area contributed by atoms with E-state index in [-0.39, 0.29) is 5.91 Å². The van der Waals surface area contributed by atoms with Crippen molar-refractivity contribution < 1.29 is 9.18 Å². The fourth-order valence-corrected chi connectivity index (χ4v) is 3.13. The van der Waals surface area contributed by atoms with Crippen molar-refractivity contribution in [3.63, 3.8) is 0 Å². The molecule has 4 rings (SSSR count). The summed E-state index contributed by atoms with van der Waals surface area (Å²) in [4.78, 5) is 11.9. The molecule has 2 bridgehead atoms. The van der Waals surface area contributed by atoms with Gasteiger partial charge in [-0.2, -0.15) is 0 Å². The van der Waals surface area contributed by atoms with Gasteiger partial charge < -0.3 is 5.32 Å². The van der Waals surface area contributed by atoms with Crippen molar-refractivity contribution in [2.75, 3.05) is 5.32 Å². The maximum atomic E-state index is 13.3. The largest absolute Gasteiger partial charge is 0.326 e. The molecular formula is C12H11BrFNO. The van der Waals surface area contributed by atoms with Crippen LogP contribution < -0.4 is 5.32 Å². The van der Waals surface area contributed by atoms with Crippen LogP contribution >= 0.6 is 15.9 Å². The molecule has 2 nitrogen and oxygen atoms in total. The first-order valence-electron chi connectivity index (χ1n) is 5.27. The van der Waals surface area contributed by atoms with Gasteiger partial charge in [-0.1, -0.05) is 22.0 Å². The lowest BCUT2D eigenvalue weighted by Gasteiger charge is -2.64. The van der Waals surface area contributed by atoms with E-state index in [0.29, 0.717) is 19.3 Å². The van der Waals surface area contributed by atoms with E-state index in [1.54, 1.807) is 0 Å². The number of carbonyl (C=O) groups excluding carboxylic acids is 1. The minimum absolute atomic E-state index is 0.0369. The summed E-state index contributed by atoms with van der Waals surface area (Å²) in [5.41, 5.74) is -0.664. The van der Waals surface area contributed by atoms with Crippen LogP contribution in [0.2, 0.25) is 0 Å². The van der Waals surface area contributed by atoms with Gasteiger partial charge in [-0.05, 0) is 37.5 Å². The molecule has 1 amide bonds. The van der Waals surface area contributed by atoms with Crippen LogP contribution in [0.25, 0.3) is 0 Å². The number of alkyl halides is 1. The van der Waals surface area contributed by atoms with E-state index in [2.05, 4.69) is 21.2 Å². The summed E-state index contributed by atoms with van der Waals surface area (Å²) in [6.45, 7) is 0. The van der Waals surface area contributed by atoms with E-state index in [9.17, 15) is 9.18 Å². The zero-order chi connectivity index (χ0) is 11.4. The quantitative estimate of drug-likeness (QED) is 0.887. The van der Waals surface area contributed by atoms with Crippen molar-refractivity contribution in [1.29, 1.82) is 0 Å². The zero-order valence-corrected chi connectivity index (χ0v) is 10.2. The molecule has 0 aliphatic heterocycles. The molecule has 16 heavy (non-hydrogen) atoms. The summed E-state index contributed by atoms with van der Waals surface area (Å²) < 4.78 is 14.2. The Morgan fingerprint density at radius 3 is 2.62 bits per heavy atom. The third-order valence-electron chi connectivity index (χ3n) is 3.53. The van der Waals surface area contributed by atoms with Crippen molar-refractivity contribution in [1.82, 2.24) is 0 Å². The van der Waals surface area contributed by atoms with Gasteiger partial charge >= 0.3 is 0 Å². The molecule has 3 fully saturated rings. The van der Waals surface area contributed by atoms with Crippen molar-refractivity contribution >= 4 is 27.5 Å². The van der Waals surface area contributed by atoms with E-state index >= 15 is 0 Å². The van der Waals surface area contributed by atoms with E-state index in [4.69, 9.17) is 0 Å². The van der Waals surface area contributed by atoms with Gasteiger partial charge in [0.05, 0.1) is 5.41 Å². The van der Waals surface area contributed by atoms with E-state index in [1.165, 1.54) is 0 Å². The number of hydrogen-bond acceptors (Lipinski definition) is 1. The Kier molecular flexibility index (Phi) is 1.97. The Balaban J connectivity index is 1.70. The Hall–Kier alpha value is -0.900. The molecule has 1 aromatic rings. The minimum Gasteiger partial charge on any atom is -0.326 e. The Bertz CT molecular complexity index is 454. The first-order chi connectivity index (χ1) is 7.51. The van der Waals surface area contributed by atoms with Crippen LogP contribution in [0.5, 0.6) is 0 Å². The zero-order valence-electron chi connectivity index (χ0n) is 8.59. The van der Waals surface area contributed by atoms with Crippen LogP contribution in [0, 0.1) is 5.41 Å². The average molecular weight is 284 g/mol. The van der Waals surface area contributed by atoms with E-state index < -0.39 is 11.1 Å². The lowest BCUT2D eigenvalue weighted by atomic mass is 9.42. The van der Waals surface area contributed by atoms with E-state index in [0.717, 1.165) is 10.2 Å². The third-order valence-corrected chi connectivity index (χ3v) is 4.02. The maximum Gasteiger partial charge on any atom is 0.230 e. The molecule has 3 aliphatic carbocycles. The van der Waals surface area contributed by atoms with E-state index in [1.807, 2.05) is 24.3 Å². The second-order valence-electron chi connectivity index (χ2n) is 4.93. The molecular weight excluding hydrogens is 273 g/mol. The number of hydrogen-bond donors (Lipinski definition) is 1. The highest BCUT2D eigenvalue weighted by Crippen LogP contribution is 2.69. The van der Waals surface area contributed by atoms with Gasteiger partial charge in [0.1, 0.15) is 5.67 Å². The Morgan fingerprint density at radius 2 is 2.06 bits per heavy atom. The van der Waals surface area contributed by atoms with Crippen LogP contribution in [-0.2, 0) is 4.79 Å². The number of nitrogens with one attached hydrogen (secondary N) is 1. The molecule has 0 saturated heterocycles. The molecule has 0 atom stereocenters. The first kappa shape index (κ1) is 10.3. The fourth-order valence-electron chi connectivity index (χ4n) is 2.73. The number of halogens is 2. The number of amides is 1. The highest BCUT2D eigenvalue weighted by atomic mass is 79.9. The summed E-state index contributed by atoms with van der Waals surface area (Å²) in [6, 6.07) is 7.43. The molecule has 0 heterocycles. The lowest BCUT2D eigenvalue weighted by molar-refractivity contribution is -0.209. The SMILES string of the molecule is O=C(Nc1cccc(Br)c1)C12CC(F)(C1)C2. The molecule has 1 N–H and O–H groups in total. The van der Waals surface area contributed by atoms with Crippen LogP contribution in [0.3, 0.4) is 0 Å². The van der Waals surface area contributed by atoms with Crippen molar-refractivity contribution in [3.8, 4) is 0 Å². The summed E-state index contributed by atoms with van der Waals surface area (Å²) >= 11 is 3.34. The maximum absolute atomic E-state index is 13.3. The monoisotopic (exact) mass is 283 g/mol. The van der Waals surface area contributed by atoms with Crippen molar-refractivity contribution in [2.24, 2.45) is 5.41 Å². The lowest BCUT2D eigenvalue weighted by Crippen LogP contribution is -2.68. The van der Waals surface area contributed by atoms with Gasteiger partial charge in [0, 0.05) is 10.2 Å². The van der Waals surface area contributed by atoms with Crippen LogP contribution in [-0.4, -0.2) is 11.6 Å². The van der Waals surface area contributed by atoms with Crippen LogP contribution in [0.4, 0.5) is 10.1 Å². The Labute approximate surface area is 101 Å². The smallest absolute Gasteiger partial charge is 0.230 e. The second-order valence-corrected chi connectivity index (χ2v) is 5.84. The van der Waals surface area contributed by atoms with Crippen LogP contribution in [0.1, 0.15) is 19.3 Å². The standard InChI is InChI=1S/C12H11BrFNO/c13-8-2-1-3-9(4-8)15-10(16)11-5-12(14,6-11)7-11/h1-4H,5-7H2,(H,15,16). The molecule has 3 aliphatic rings. The fraction of sp³-hybridized carbons (Fsp3) is 0.417. The molecule has 84 valence electrons. The van der Waals surface area contributed by atoms with Gasteiger partial charge in [0.2, 0.25) is 5.91 Å². The predicted octanol–water partition coefficient (Wildman–Crippen LogP) is 3.28. The molecule has 0 aromatic heterocycles. The molecule has 0 unspecified atom stereocenters. The van der Waals surface area contributed by atoms with Gasteiger partial charge in [0.25, 0.3) is 0 Å². The highest BCUT2D eigenvalue weighted by molar-refractivity contribution is 9.10. The molecule has 0 radical (unpaired) electrons. The van der Waals surface area contributed by atoms with Gasteiger partial charge in [-0.15, -0.1) is 0 Å². The summed E-state index contributed by atoms with van der Waals surface area (Å²) in [6.07, 6.45) is 1.21. The van der Waals surface area contributed by atoms with Crippen molar-refractivity contribution in [3.05, 3.63) is 28.7 Å². The average Bonchev–Trinajstić information content (AvgIpc) is 2.11. The topological polar surface area (TPSA) is 29.1 Å². The number of carbonyl (C=O) groups is 1. The van der Waals surface area contributed by atoms with Crippen molar-refractivity contribution in [2.45, 2.75) is 24.9 Å². The Morgan fingerprint density at radius 1 is 1.38 bits per heavy atom. The molecule has 4 heteroatoms. The predicted molar refractivity (Wildman–Crippen MR) is 62.9 cm³/mol. The number of benzene rings is 1. The van der Waals surface area contributed by atoms with Crippen LogP contribution in [0.15, 0.2) is 28.7 Å². The normalized spacial score (nSPS) is 34.9. The minimum atomic E-state index is -1.02. The molecule has 0 spiro atoms. The van der Waals surface area contributed by atoms with Gasteiger partial charge in [-0.25, -0.2) is 4.39 Å². The summed E-state index contributed by atoms with van der Waals surface area (Å²) in [7, 11) is 0. The summed E-state index contributed by atoms with van der Waals surface area (Å²) in [5, 5.41) is 2.84. The van der Waals surface area contributed by atoms with Gasteiger partial charge in [0.15, 0.2) is 0 Å². The highest BCUT2D eigenvalue weighted by Gasteiger charge is 2.72. The third kappa shape index (κ3) is 1.39. The number of rotatable bonds is 2. The second kappa shape index (κ2) is 3.06. The molecule has 3 saturated carbocycles. The molecule has 1 aromatic carbocycles. The number of anilines is 1. The first-order valence-corrected chi connectivity index (χ1v) is 6.07. The van der Waals surface area contributed by atoms with Gasteiger partial charge in [-0.3, -0.25) is 4.79 Å².